The Balaban J connectivity index is 2.09. The quantitative estimate of drug-likeness (QED) is 0.866. The molecule has 1 aliphatic carbocycles. The molecule has 0 atom stereocenters. The van der Waals surface area contributed by atoms with Gasteiger partial charge in [-0.3, -0.25) is 4.79 Å². The van der Waals surface area contributed by atoms with Gasteiger partial charge in [-0.15, -0.1) is 0 Å². The number of carbonyl (C=O) groups is 1. The second kappa shape index (κ2) is 5.85. The van der Waals surface area contributed by atoms with Crippen molar-refractivity contribution in [3.05, 3.63) is 29.6 Å². The van der Waals surface area contributed by atoms with Crippen LogP contribution in [0.25, 0.3) is 0 Å². The number of benzene rings is 1. The number of carbonyl (C=O) groups excluding carboxylic acids is 1. The van der Waals surface area contributed by atoms with E-state index in [4.69, 9.17) is 0 Å². The van der Waals surface area contributed by atoms with E-state index in [1.54, 1.807) is 13.1 Å². The van der Waals surface area contributed by atoms with E-state index < -0.39 is 0 Å². The summed E-state index contributed by atoms with van der Waals surface area (Å²) >= 11 is 0. The van der Waals surface area contributed by atoms with Gasteiger partial charge in [0.05, 0.1) is 5.56 Å². The molecule has 0 spiro atoms. The highest BCUT2D eigenvalue weighted by Gasteiger charge is 2.18. The van der Waals surface area contributed by atoms with E-state index in [1.807, 2.05) is 0 Å². The molecular weight excluding hydrogens is 231 g/mol. The summed E-state index contributed by atoms with van der Waals surface area (Å²) in [7, 11) is 1.73. The van der Waals surface area contributed by atoms with Gasteiger partial charge in [-0.2, -0.15) is 0 Å². The molecule has 4 heteroatoms. The molecule has 2 N–H and O–H groups in total. The molecule has 0 aromatic heterocycles. The first-order valence-electron chi connectivity index (χ1n) is 6.49. The molecule has 0 radical (unpaired) electrons. The number of halogens is 1. The smallest absolute Gasteiger partial charge is 0.253 e. The zero-order chi connectivity index (χ0) is 13.0. The summed E-state index contributed by atoms with van der Waals surface area (Å²) in [5.74, 6) is -0.575. The number of amides is 1. The molecule has 1 saturated carbocycles. The first kappa shape index (κ1) is 12.9. The number of hydrogen-bond acceptors (Lipinski definition) is 2. The monoisotopic (exact) mass is 250 g/mol. The summed E-state index contributed by atoms with van der Waals surface area (Å²) in [6, 6.07) is 4.46. The van der Waals surface area contributed by atoms with Gasteiger partial charge in [-0.05, 0) is 31.0 Å². The Morgan fingerprint density at radius 3 is 2.67 bits per heavy atom. The molecule has 0 bridgehead atoms. The summed E-state index contributed by atoms with van der Waals surface area (Å²) in [6.07, 6.45) is 5.61. The van der Waals surface area contributed by atoms with Crippen molar-refractivity contribution in [2.45, 2.75) is 38.1 Å². The van der Waals surface area contributed by atoms with Crippen LogP contribution in [0.1, 0.15) is 42.5 Å². The highest BCUT2D eigenvalue weighted by atomic mass is 19.1. The molecule has 1 amide bonds. The molecule has 0 aliphatic heterocycles. The molecule has 2 rings (SSSR count). The fourth-order valence-electron chi connectivity index (χ4n) is 2.43. The van der Waals surface area contributed by atoms with E-state index in [1.165, 1.54) is 18.6 Å². The molecule has 18 heavy (non-hydrogen) atoms. The van der Waals surface area contributed by atoms with Crippen molar-refractivity contribution >= 4 is 11.6 Å². The van der Waals surface area contributed by atoms with Gasteiger partial charge in [0, 0.05) is 18.8 Å². The Morgan fingerprint density at radius 2 is 2.00 bits per heavy atom. The van der Waals surface area contributed by atoms with Crippen LogP contribution in [0.2, 0.25) is 0 Å². The molecule has 0 heterocycles. The maximum atomic E-state index is 13.2. The first-order valence-corrected chi connectivity index (χ1v) is 6.49. The summed E-state index contributed by atoms with van der Waals surface area (Å²) < 4.78 is 13.2. The van der Waals surface area contributed by atoms with Crippen molar-refractivity contribution in [1.29, 1.82) is 0 Å². The van der Waals surface area contributed by atoms with Crippen molar-refractivity contribution < 1.29 is 9.18 Å². The summed E-state index contributed by atoms with van der Waals surface area (Å²) in [5.41, 5.74) is 1.03. The number of anilines is 1. The summed E-state index contributed by atoms with van der Waals surface area (Å²) in [4.78, 5) is 12.1. The highest BCUT2D eigenvalue weighted by Crippen LogP contribution is 2.20. The van der Waals surface area contributed by atoms with E-state index >= 15 is 0 Å². The fraction of sp³-hybridized carbons (Fsp3) is 0.500. The highest BCUT2D eigenvalue weighted by molar-refractivity contribution is 5.99. The molecule has 1 fully saturated rings. The third-order valence-corrected chi connectivity index (χ3v) is 3.44. The lowest BCUT2D eigenvalue weighted by Crippen LogP contribution is -2.36. The van der Waals surface area contributed by atoms with Crippen LogP contribution in [0, 0.1) is 5.82 Å². The topological polar surface area (TPSA) is 41.1 Å². The SMILES string of the molecule is CNc1ccc(F)cc1C(=O)NC1CCCCC1. The van der Waals surface area contributed by atoms with Crippen molar-refractivity contribution in [1.82, 2.24) is 5.32 Å². The Bertz CT molecular complexity index is 428. The molecule has 1 aliphatic rings. The third-order valence-electron chi connectivity index (χ3n) is 3.44. The van der Waals surface area contributed by atoms with Gasteiger partial charge >= 0.3 is 0 Å². The van der Waals surface area contributed by atoms with Crippen molar-refractivity contribution in [3.8, 4) is 0 Å². The maximum absolute atomic E-state index is 13.2. The molecule has 0 saturated heterocycles. The van der Waals surface area contributed by atoms with Crippen molar-refractivity contribution in [2.75, 3.05) is 12.4 Å². The lowest BCUT2D eigenvalue weighted by molar-refractivity contribution is 0.0928. The second-order valence-electron chi connectivity index (χ2n) is 4.75. The predicted molar refractivity (Wildman–Crippen MR) is 70.3 cm³/mol. The Hall–Kier alpha value is -1.58. The minimum absolute atomic E-state index is 0.189. The van der Waals surface area contributed by atoms with E-state index in [-0.39, 0.29) is 17.8 Å². The van der Waals surface area contributed by atoms with E-state index in [0.29, 0.717) is 11.3 Å². The van der Waals surface area contributed by atoms with Crippen LogP contribution in [-0.4, -0.2) is 19.0 Å². The zero-order valence-electron chi connectivity index (χ0n) is 10.6. The van der Waals surface area contributed by atoms with Crippen LogP contribution in [0.3, 0.4) is 0 Å². The Kier molecular flexibility index (Phi) is 4.18. The average molecular weight is 250 g/mol. The zero-order valence-corrected chi connectivity index (χ0v) is 10.6. The predicted octanol–water partition coefficient (Wildman–Crippen LogP) is 2.93. The van der Waals surface area contributed by atoms with Gasteiger partial charge in [0.1, 0.15) is 5.82 Å². The summed E-state index contributed by atoms with van der Waals surface area (Å²) in [5, 5.41) is 5.90. The molecule has 1 aromatic rings. The van der Waals surface area contributed by atoms with Gasteiger partial charge in [0.25, 0.3) is 5.91 Å². The number of rotatable bonds is 3. The van der Waals surface area contributed by atoms with Crippen LogP contribution >= 0.6 is 0 Å². The first-order chi connectivity index (χ1) is 8.70. The largest absolute Gasteiger partial charge is 0.387 e. The lowest BCUT2D eigenvalue weighted by atomic mass is 9.95. The second-order valence-corrected chi connectivity index (χ2v) is 4.75. The Labute approximate surface area is 107 Å². The van der Waals surface area contributed by atoms with Crippen LogP contribution in [0.4, 0.5) is 10.1 Å². The minimum atomic E-state index is -0.386. The van der Waals surface area contributed by atoms with E-state index in [2.05, 4.69) is 10.6 Å². The van der Waals surface area contributed by atoms with Gasteiger partial charge in [0.15, 0.2) is 0 Å². The van der Waals surface area contributed by atoms with Gasteiger partial charge < -0.3 is 10.6 Å². The lowest BCUT2D eigenvalue weighted by Gasteiger charge is -2.23. The molecule has 1 aromatic carbocycles. The van der Waals surface area contributed by atoms with Gasteiger partial charge in [0.2, 0.25) is 0 Å². The maximum Gasteiger partial charge on any atom is 0.253 e. The average Bonchev–Trinajstić information content (AvgIpc) is 2.40. The summed E-state index contributed by atoms with van der Waals surface area (Å²) in [6.45, 7) is 0. The van der Waals surface area contributed by atoms with Crippen molar-refractivity contribution in [3.63, 3.8) is 0 Å². The van der Waals surface area contributed by atoms with Crippen LogP contribution in [-0.2, 0) is 0 Å². The fourth-order valence-corrected chi connectivity index (χ4v) is 2.43. The van der Waals surface area contributed by atoms with Crippen molar-refractivity contribution in [2.24, 2.45) is 0 Å². The standard InChI is InChI=1S/C14H19FN2O/c1-16-13-8-7-10(15)9-12(13)14(18)17-11-5-3-2-4-6-11/h7-9,11,16H,2-6H2,1H3,(H,17,18). The Morgan fingerprint density at radius 1 is 1.28 bits per heavy atom. The van der Waals surface area contributed by atoms with E-state index in [9.17, 15) is 9.18 Å². The van der Waals surface area contributed by atoms with Crippen LogP contribution in [0.15, 0.2) is 18.2 Å². The normalized spacial score (nSPS) is 16.3. The number of nitrogens with one attached hydrogen (secondary N) is 2. The minimum Gasteiger partial charge on any atom is -0.387 e. The van der Waals surface area contributed by atoms with Gasteiger partial charge in [-0.1, -0.05) is 19.3 Å². The third kappa shape index (κ3) is 3.00. The molecule has 3 nitrogen and oxygen atoms in total. The number of hydrogen-bond donors (Lipinski definition) is 2. The molecule has 0 unspecified atom stereocenters. The van der Waals surface area contributed by atoms with Gasteiger partial charge in [-0.25, -0.2) is 4.39 Å². The van der Waals surface area contributed by atoms with Crippen LogP contribution < -0.4 is 10.6 Å². The van der Waals surface area contributed by atoms with E-state index in [0.717, 1.165) is 25.7 Å². The van der Waals surface area contributed by atoms with Crippen LogP contribution in [0.5, 0.6) is 0 Å². The molecular formula is C14H19FN2O. The molecule has 98 valence electrons.